The number of sulfone groups is 1. The number of hydrogen-bond donors (Lipinski definition) is 1. The molecule has 1 fully saturated rings. The lowest BCUT2D eigenvalue weighted by molar-refractivity contribution is -0.162. The zero-order chi connectivity index (χ0) is 16.4. The van der Waals surface area contributed by atoms with Gasteiger partial charge in [-0.2, -0.15) is 13.2 Å². The molecule has 1 N–H and O–H groups in total. The van der Waals surface area contributed by atoms with Gasteiger partial charge < -0.3 is 5.32 Å². The van der Waals surface area contributed by atoms with Crippen molar-refractivity contribution >= 4 is 15.7 Å². The van der Waals surface area contributed by atoms with Gasteiger partial charge >= 0.3 is 6.18 Å². The van der Waals surface area contributed by atoms with Gasteiger partial charge in [0, 0.05) is 6.42 Å². The van der Waals surface area contributed by atoms with Gasteiger partial charge in [-0.05, 0) is 12.0 Å². The molecule has 0 aromatic heterocycles. The van der Waals surface area contributed by atoms with Crippen LogP contribution in [0.4, 0.5) is 13.2 Å². The molecule has 1 aromatic carbocycles. The molecule has 4 nitrogen and oxygen atoms in total. The molecule has 1 saturated heterocycles. The molecular weight excluding hydrogens is 319 g/mol. The quantitative estimate of drug-likeness (QED) is 0.911. The summed E-state index contributed by atoms with van der Waals surface area (Å²) in [6.07, 6.45) is -4.90. The minimum absolute atomic E-state index is 0.0735. The normalized spacial score (nSPS) is 22.2. The fourth-order valence-corrected chi connectivity index (χ4v) is 4.13. The maximum absolute atomic E-state index is 13.1. The second-order valence-corrected chi connectivity index (χ2v) is 7.62. The van der Waals surface area contributed by atoms with E-state index in [0.29, 0.717) is 5.56 Å². The summed E-state index contributed by atoms with van der Waals surface area (Å²) in [5.41, 5.74) is 0.448. The van der Waals surface area contributed by atoms with Crippen molar-refractivity contribution in [2.45, 2.75) is 25.1 Å². The minimum atomic E-state index is -4.59. The molecule has 2 rings (SSSR count). The molecule has 8 heteroatoms. The number of hydrogen-bond acceptors (Lipinski definition) is 3. The maximum atomic E-state index is 13.1. The topological polar surface area (TPSA) is 63.2 Å². The molecular formula is C14H16F3NO3S. The Morgan fingerprint density at radius 1 is 1.27 bits per heavy atom. The molecule has 1 aliphatic heterocycles. The van der Waals surface area contributed by atoms with Gasteiger partial charge in [0.15, 0.2) is 9.84 Å². The lowest BCUT2D eigenvalue weighted by atomic mass is 10.0. The van der Waals surface area contributed by atoms with E-state index in [4.69, 9.17) is 0 Å². The zero-order valence-electron chi connectivity index (χ0n) is 11.6. The number of benzene rings is 1. The molecule has 2 atom stereocenters. The summed E-state index contributed by atoms with van der Waals surface area (Å²) in [5, 5.41) is 1.96. The Hall–Kier alpha value is -1.57. The van der Waals surface area contributed by atoms with Crippen LogP contribution in [0.2, 0.25) is 0 Å². The number of halogens is 3. The highest BCUT2D eigenvalue weighted by Crippen LogP contribution is 2.25. The molecule has 0 aliphatic carbocycles. The molecule has 2 unspecified atom stereocenters. The highest BCUT2D eigenvalue weighted by Gasteiger charge is 2.42. The van der Waals surface area contributed by atoms with Crippen LogP contribution in [0.1, 0.15) is 12.0 Å². The summed E-state index contributed by atoms with van der Waals surface area (Å²) in [4.78, 5) is 11.9. The number of amides is 1. The molecule has 1 amide bonds. The molecule has 22 heavy (non-hydrogen) atoms. The van der Waals surface area contributed by atoms with E-state index in [1.807, 2.05) is 5.32 Å². The van der Waals surface area contributed by atoms with E-state index in [2.05, 4.69) is 0 Å². The van der Waals surface area contributed by atoms with Gasteiger partial charge in [-0.25, -0.2) is 8.42 Å². The van der Waals surface area contributed by atoms with Gasteiger partial charge in [0.05, 0.1) is 17.4 Å². The minimum Gasteiger partial charge on any atom is -0.344 e. The van der Waals surface area contributed by atoms with E-state index in [1.54, 1.807) is 30.3 Å². The van der Waals surface area contributed by atoms with Crippen molar-refractivity contribution in [1.29, 1.82) is 0 Å². The number of nitrogens with one attached hydrogen (secondary N) is 1. The number of alkyl halides is 3. The molecule has 0 radical (unpaired) electrons. The second kappa shape index (κ2) is 6.28. The van der Waals surface area contributed by atoms with Crippen LogP contribution in [0.15, 0.2) is 30.3 Å². The molecule has 122 valence electrons. The standard InChI is InChI=1S/C14H16F3NO3S/c15-14(16,17)12(8-10-4-2-1-3-5-10)18-13(19)11-6-7-22(20,21)9-11/h1-5,11-12H,6-9H2,(H,18,19). The Bertz CT molecular complexity index is 628. The van der Waals surface area contributed by atoms with E-state index in [1.165, 1.54) is 0 Å². The predicted octanol–water partition coefficient (Wildman–Crippen LogP) is 1.71. The average Bonchev–Trinajstić information content (AvgIpc) is 2.78. The Morgan fingerprint density at radius 3 is 2.41 bits per heavy atom. The Labute approximate surface area is 126 Å². The molecule has 1 aliphatic rings. The largest absolute Gasteiger partial charge is 0.408 e. The van der Waals surface area contributed by atoms with Gasteiger partial charge in [-0.1, -0.05) is 30.3 Å². The first-order chi connectivity index (χ1) is 10.2. The number of rotatable bonds is 4. The highest BCUT2D eigenvalue weighted by molar-refractivity contribution is 7.91. The maximum Gasteiger partial charge on any atom is 0.408 e. The molecule has 1 heterocycles. The highest BCUT2D eigenvalue weighted by atomic mass is 32.2. The SMILES string of the molecule is O=C(NC(Cc1ccccc1)C(F)(F)F)C1CCS(=O)(=O)C1. The number of carbonyl (C=O) groups is 1. The van der Waals surface area contributed by atoms with Gasteiger partial charge in [-0.3, -0.25) is 4.79 Å². The van der Waals surface area contributed by atoms with Crippen molar-refractivity contribution in [2.24, 2.45) is 5.92 Å². The third-order valence-electron chi connectivity index (χ3n) is 3.60. The summed E-state index contributed by atoms with van der Waals surface area (Å²) in [7, 11) is -3.31. The zero-order valence-corrected chi connectivity index (χ0v) is 12.5. The van der Waals surface area contributed by atoms with Crippen LogP contribution >= 0.6 is 0 Å². The summed E-state index contributed by atoms with van der Waals surface area (Å²) in [6.45, 7) is 0. The lowest BCUT2D eigenvalue weighted by Crippen LogP contribution is -2.49. The second-order valence-electron chi connectivity index (χ2n) is 5.39. The first-order valence-corrected chi connectivity index (χ1v) is 8.61. The van der Waals surface area contributed by atoms with Crippen molar-refractivity contribution in [3.63, 3.8) is 0 Å². The third-order valence-corrected chi connectivity index (χ3v) is 5.37. The van der Waals surface area contributed by atoms with Crippen molar-refractivity contribution < 1.29 is 26.4 Å². The summed E-state index contributed by atoms with van der Waals surface area (Å²) < 4.78 is 61.9. The smallest absolute Gasteiger partial charge is 0.344 e. The van der Waals surface area contributed by atoms with Gasteiger partial charge in [-0.15, -0.1) is 0 Å². The first kappa shape index (κ1) is 16.8. The summed E-state index contributed by atoms with van der Waals surface area (Å²) in [6, 6.07) is 6.00. The van der Waals surface area contributed by atoms with Crippen LogP contribution in [0.3, 0.4) is 0 Å². The van der Waals surface area contributed by atoms with E-state index >= 15 is 0 Å². The average molecular weight is 335 g/mol. The van der Waals surface area contributed by atoms with Crippen LogP contribution in [0.25, 0.3) is 0 Å². The summed E-state index contributed by atoms with van der Waals surface area (Å²) in [5.74, 6) is -2.28. The van der Waals surface area contributed by atoms with Crippen LogP contribution < -0.4 is 5.32 Å². The summed E-state index contributed by atoms with van der Waals surface area (Å²) >= 11 is 0. The van der Waals surface area contributed by atoms with Crippen molar-refractivity contribution in [3.8, 4) is 0 Å². The van der Waals surface area contributed by atoms with Gasteiger partial charge in [0.25, 0.3) is 0 Å². The molecule has 1 aromatic rings. The van der Waals surface area contributed by atoms with Crippen LogP contribution in [0, 0.1) is 5.92 Å². The Kier molecular flexibility index (Phi) is 4.79. The predicted molar refractivity (Wildman–Crippen MR) is 74.9 cm³/mol. The number of carbonyl (C=O) groups excluding carboxylic acids is 1. The first-order valence-electron chi connectivity index (χ1n) is 6.79. The lowest BCUT2D eigenvalue weighted by Gasteiger charge is -2.23. The van der Waals surface area contributed by atoms with Crippen molar-refractivity contribution in [1.82, 2.24) is 5.32 Å². The van der Waals surface area contributed by atoms with Crippen LogP contribution in [0.5, 0.6) is 0 Å². The van der Waals surface area contributed by atoms with E-state index in [-0.39, 0.29) is 24.3 Å². The fraction of sp³-hybridized carbons (Fsp3) is 0.500. The Balaban J connectivity index is 2.06. The molecule has 0 saturated carbocycles. The van der Waals surface area contributed by atoms with Crippen LogP contribution in [-0.4, -0.2) is 38.0 Å². The molecule has 0 bridgehead atoms. The van der Waals surface area contributed by atoms with Gasteiger partial charge in [0.2, 0.25) is 5.91 Å². The van der Waals surface area contributed by atoms with E-state index < -0.39 is 33.9 Å². The van der Waals surface area contributed by atoms with Crippen molar-refractivity contribution in [2.75, 3.05) is 11.5 Å². The molecule has 0 spiro atoms. The van der Waals surface area contributed by atoms with Gasteiger partial charge in [0.1, 0.15) is 6.04 Å². The monoisotopic (exact) mass is 335 g/mol. The van der Waals surface area contributed by atoms with Crippen LogP contribution in [-0.2, 0) is 21.1 Å². The Morgan fingerprint density at radius 2 is 1.91 bits per heavy atom. The third kappa shape index (κ3) is 4.46. The van der Waals surface area contributed by atoms with E-state index in [0.717, 1.165) is 0 Å². The fourth-order valence-electron chi connectivity index (χ4n) is 2.39. The van der Waals surface area contributed by atoms with Crippen molar-refractivity contribution in [3.05, 3.63) is 35.9 Å². The van der Waals surface area contributed by atoms with E-state index in [9.17, 15) is 26.4 Å².